The first kappa shape index (κ1) is 13.2. The van der Waals surface area contributed by atoms with Gasteiger partial charge < -0.3 is 14.5 Å². The van der Waals surface area contributed by atoms with Crippen LogP contribution in [0.3, 0.4) is 0 Å². The molecule has 1 saturated carbocycles. The summed E-state index contributed by atoms with van der Waals surface area (Å²) in [6.07, 6.45) is 8.45. The third kappa shape index (κ3) is 3.39. The number of aromatic nitrogens is 1. The summed E-state index contributed by atoms with van der Waals surface area (Å²) in [7, 11) is 0. The molecule has 20 heavy (non-hydrogen) atoms. The fourth-order valence-corrected chi connectivity index (χ4v) is 2.60. The highest BCUT2D eigenvalue weighted by molar-refractivity contribution is 5.33. The molecule has 1 fully saturated rings. The molecule has 4 nitrogen and oxygen atoms in total. The van der Waals surface area contributed by atoms with Crippen LogP contribution in [0.5, 0.6) is 5.75 Å². The molecule has 0 aliphatic heterocycles. The molecule has 3 rings (SSSR count). The number of hydrogen-bond donors (Lipinski definition) is 1. The highest BCUT2D eigenvalue weighted by atomic mass is 16.5. The van der Waals surface area contributed by atoms with E-state index in [1.54, 1.807) is 6.26 Å². The highest BCUT2D eigenvalue weighted by Crippen LogP contribution is 2.26. The Morgan fingerprint density at radius 3 is 2.85 bits per heavy atom. The van der Waals surface area contributed by atoms with Crippen LogP contribution in [0.4, 0.5) is 0 Å². The third-order valence-electron chi connectivity index (χ3n) is 3.67. The van der Waals surface area contributed by atoms with Gasteiger partial charge in [0.05, 0.1) is 11.8 Å². The number of nitrogens with one attached hydrogen (secondary N) is 1. The van der Waals surface area contributed by atoms with Gasteiger partial charge in [0.2, 0.25) is 0 Å². The molecule has 0 saturated heterocycles. The Labute approximate surface area is 119 Å². The predicted molar refractivity (Wildman–Crippen MR) is 76.4 cm³/mol. The van der Waals surface area contributed by atoms with Gasteiger partial charge in [-0.2, -0.15) is 0 Å². The summed E-state index contributed by atoms with van der Waals surface area (Å²) in [5.74, 6) is 1.01. The summed E-state index contributed by atoms with van der Waals surface area (Å²) in [5.41, 5.74) is 2.11. The molecule has 0 unspecified atom stereocenters. The van der Waals surface area contributed by atoms with Crippen molar-refractivity contribution in [3.63, 3.8) is 0 Å². The first-order chi connectivity index (χ1) is 9.92. The minimum atomic E-state index is 0.395. The zero-order valence-electron chi connectivity index (χ0n) is 11.5. The van der Waals surface area contributed by atoms with Crippen molar-refractivity contribution in [2.45, 2.75) is 44.9 Å². The van der Waals surface area contributed by atoms with Crippen molar-refractivity contribution in [2.24, 2.45) is 0 Å². The van der Waals surface area contributed by atoms with Crippen LogP contribution >= 0.6 is 0 Å². The second-order valence-electron chi connectivity index (χ2n) is 5.22. The molecule has 0 amide bonds. The van der Waals surface area contributed by atoms with E-state index in [1.165, 1.54) is 37.6 Å². The largest absolute Gasteiger partial charge is 0.490 e. The smallest absolute Gasteiger partial charge is 0.180 e. The van der Waals surface area contributed by atoms with Gasteiger partial charge in [-0.1, -0.05) is 18.2 Å². The minimum Gasteiger partial charge on any atom is -0.490 e. The van der Waals surface area contributed by atoms with Crippen LogP contribution in [-0.2, 0) is 13.1 Å². The van der Waals surface area contributed by atoms with E-state index in [9.17, 15) is 0 Å². The second kappa shape index (κ2) is 6.57. The second-order valence-corrected chi connectivity index (χ2v) is 5.22. The lowest BCUT2D eigenvalue weighted by atomic mass is 10.2. The van der Waals surface area contributed by atoms with E-state index in [1.807, 2.05) is 6.07 Å². The number of hydrogen-bond acceptors (Lipinski definition) is 4. The van der Waals surface area contributed by atoms with Crippen molar-refractivity contribution in [3.8, 4) is 5.75 Å². The lowest BCUT2D eigenvalue weighted by Gasteiger charge is -2.16. The first-order valence-corrected chi connectivity index (χ1v) is 7.24. The van der Waals surface area contributed by atoms with Crippen molar-refractivity contribution in [1.29, 1.82) is 0 Å². The van der Waals surface area contributed by atoms with E-state index in [0.717, 1.165) is 18.0 Å². The minimum absolute atomic E-state index is 0.395. The number of rotatable bonds is 6. The SMILES string of the molecule is c1ccc(OC2CCCC2)c(CNCc2cocn2)c1. The van der Waals surface area contributed by atoms with E-state index in [-0.39, 0.29) is 0 Å². The fourth-order valence-electron chi connectivity index (χ4n) is 2.60. The van der Waals surface area contributed by atoms with Gasteiger partial charge >= 0.3 is 0 Å². The molecule has 0 spiro atoms. The summed E-state index contributed by atoms with van der Waals surface area (Å²) >= 11 is 0. The molecule has 0 bridgehead atoms. The number of oxazole rings is 1. The highest BCUT2D eigenvalue weighted by Gasteiger charge is 2.17. The van der Waals surface area contributed by atoms with Crippen LogP contribution in [-0.4, -0.2) is 11.1 Å². The molecule has 1 heterocycles. The molecule has 0 atom stereocenters. The Hall–Kier alpha value is -1.81. The van der Waals surface area contributed by atoms with Gasteiger partial charge in [0.25, 0.3) is 0 Å². The molecular formula is C16H20N2O2. The van der Waals surface area contributed by atoms with E-state index in [0.29, 0.717) is 12.6 Å². The van der Waals surface area contributed by atoms with Gasteiger partial charge in [0.1, 0.15) is 12.0 Å². The van der Waals surface area contributed by atoms with Crippen molar-refractivity contribution in [2.75, 3.05) is 0 Å². The summed E-state index contributed by atoms with van der Waals surface area (Å²) in [6, 6.07) is 8.26. The summed E-state index contributed by atoms with van der Waals surface area (Å²) in [5, 5.41) is 3.37. The summed E-state index contributed by atoms with van der Waals surface area (Å²) in [4.78, 5) is 4.09. The lowest BCUT2D eigenvalue weighted by molar-refractivity contribution is 0.207. The molecule has 2 aromatic rings. The number of para-hydroxylation sites is 1. The number of benzene rings is 1. The van der Waals surface area contributed by atoms with Crippen LogP contribution in [0, 0.1) is 0 Å². The third-order valence-corrected chi connectivity index (χ3v) is 3.67. The van der Waals surface area contributed by atoms with Crippen molar-refractivity contribution in [3.05, 3.63) is 48.2 Å². The average Bonchev–Trinajstić information content (AvgIpc) is 3.14. The molecule has 1 aliphatic carbocycles. The molecule has 106 valence electrons. The maximum absolute atomic E-state index is 6.12. The lowest BCUT2D eigenvalue weighted by Crippen LogP contribution is -2.16. The normalized spacial score (nSPS) is 15.6. The van der Waals surface area contributed by atoms with E-state index in [4.69, 9.17) is 9.15 Å². The average molecular weight is 272 g/mol. The fraction of sp³-hybridized carbons (Fsp3) is 0.438. The zero-order valence-corrected chi connectivity index (χ0v) is 11.5. The molecule has 1 aromatic carbocycles. The Morgan fingerprint density at radius 2 is 2.05 bits per heavy atom. The molecule has 1 aliphatic rings. The standard InChI is InChI=1S/C16H20N2O2/c1-4-8-16(20-15-6-2-3-7-15)13(5-1)9-17-10-14-11-19-12-18-14/h1,4-5,8,11-12,15,17H,2-3,6-7,9-10H2. The molecule has 1 N–H and O–H groups in total. The maximum atomic E-state index is 6.12. The first-order valence-electron chi connectivity index (χ1n) is 7.24. The Balaban J connectivity index is 1.57. The van der Waals surface area contributed by atoms with Crippen molar-refractivity contribution >= 4 is 0 Å². The molecule has 1 aromatic heterocycles. The summed E-state index contributed by atoms with van der Waals surface area (Å²) < 4.78 is 11.1. The quantitative estimate of drug-likeness (QED) is 0.876. The number of nitrogens with zero attached hydrogens (tertiary/aromatic N) is 1. The maximum Gasteiger partial charge on any atom is 0.180 e. The molecule has 4 heteroatoms. The van der Waals surface area contributed by atoms with Gasteiger partial charge in [-0.15, -0.1) is 0 Å². The van der Waals surface area contributed by atoms with Crippen LogP contribution in [0.25, 0.3) is 0 Å². The molecule has 0 radical (unpaired) electrons. The monoisotopic (exact) mass is 272 g/mol. The topological polar surface area (TPSA) is 47.3 Å². The van der Waals surface area contributed by atoms with Crippen molar-refractivity contribution < 1.29 is 9.15 Å². The van der Waals surface area contributed by atoms with Gasteiger partial charge in [-0.05, 0) is 31.7 Å². The van der Waals surface area contributed by atoms with Crippen LogP contribution < -0.4 is 10.1 Å². The Kier molecular flexibility index (Phi) is 4.33. The van der Waals surface area contributed by atoms with Crippen LogP contribution in [0.1, 0.15) is 36.9 Å². The van der Waals surface area contributed by atoms with Gasteiger partial charge in [0.15, 0.2) is 6.39 Å². The Morgan fingerprint density at radius 1 is 1.20 bits per heavy atom. The van der Waals surface area contributed by atoms with Crippen LogP contribution in [0.15, 0.2) is 41.3 Å². The molecular weight excluding hydrogens is 252 g/mol. The van der Waals surface area contributed by atoms with E-state index < -0.39 is 0 Å². The van der Waals surface area contributed by atoms with Gasteiger partial charge in [-0.25, -0.2) is 4.98 Å². The van der Waals surface area contributed by atoms with Crippen molar-refractivity contribution in [1.82, 2.24) is 10.3 Å². The van der Waals surface area contributed by atoms with Crippen LogP contribution in [0.2, 0.25) is 0 Å². The van der Waals surface area contributed by atoms with E-state index in [2.05, 4.69) is 28.5 Å². The van der Waals surface area contributed by atoms with Gasteiger partial charge in [-0.3, -0.25) is 0 Å². The van der Waals surface area contributed by atoms with E-state index >= 15 is 0 Å². The number of ether oxygens (including phenoxy) is 1. The summed E-state index contributed by atoms with van der Waals surface area (Å²) in [6.45, 7) is 1.48. The van der Waals surface area contributed by atoms with Gasteiger partial charge in [0, 0.05) is 18.7 Å². The Bertz CT molecular complexity index is 519. The predicted octanol–water partition coefficient (Wildman–Crippen LogP) is 3.29. The zero-order chi connectivity index (χ0) is 13.6.